The molecule has 0 atom stereocenters. The van der Waals surface area contributed by atoms with Gasteiger partial charge in [-0.05, 0) is 58.1 Å². The Morgan fingerprint density at radius 2 is 1.81 bits per heavy atom. The first-order chi connectivity index (χ1) is 15.4. The molecule has 0 bridgehead atoms. The summed E-state index contributed by atoms with van der Waals surface area (Å²) in [5.41, 5.74) is 2.64. The van der Waals surface area contributed by atoms with Gasteiger partial charge in [-0.2, -0.15) is 0 Å². The quantitative estimate of drug-likeness (QED) is 0.389. The van der Waals surface area contributed by atoms with Gasteiger partial charge in [0, 0.05) is 24.3 Å². The van der Waals surface area contributed by atoms with Gasteiger partial charge in [-0.15, -0.1) is 0 Å². The van der Waals surface area contributed by atoms with Gasteiger partial charge in [-0.1, -0.05) is 43.7 Å². The Bertz CT molecular complexity index is 854. The molecule has 6 nitrogen and oxygen atoms in total. The number of ether oxygens (including phenoxy) is 2. The third-order valence-corrected chi connectivity index (χ3v) is 6.49. The Balaban J connectivity index is 1.40. The van der Waals surface area contributed by atoms with Gasteiger partial charge in [0.05, 0.1) is 18.8 Å². The van der Waals surface area contributed by atoms with Gasteiger partial charge in [-0.3, -0.25) is 0 Å². The molecule has 1 aliphatic rings. The minimum absolute atomic E-state index is 0.344. The zero-order valence-corrected chi connectivity index (χ0v) is 19.8. The molecule has 2 aromatic rings. The Labute approximate surface area is 191 Å². The molecule has 2 heterocycles. The van der Waals surface area contributed by atoms with Crippen LogP contribution in [0.4, 0.5) is 0 Å². The lowest BCUT2D eigenvalue weighted by molar-refractivity contribution is -0.0262. The molecule has 1 fully saturated rings. The van der Waals surface area contributed by atoms with Crippen molar-refractivity contribution >= 4 is 5.97 Å². The van der Waals surface area contributed by atoms with E-state index in [4.69, 9.17) is 9.47 Å². The number of aromatic nitrogens is 1. The summed E-state index contributed by atoms with van der Waals surface area (Å²) in [6, 6.07) is 10.0. The third-order valence-electron chi connectivity index (χ3n) is 6.49. The maximum Gasteiger partial charge on any atom is 0.358 e. The molecule has 0 aliphatic carbocycles. The van der Waals surface area contributed by atoms with Gasteiger partial charge in [-0.25, -0.2) is 4.79 Å². The Hall–Kier alpha value is -2.31. The van der Waals surface area contributed by atoms with Crippen LogP contribution in [0.25, 0.3) is 0 Å². The maximum absolute atomic E-state index is 12.4. The average Bonchev–Trinajstić information content (AvgIpc) is 3.09. The van der Waals surface area contributed by atoms with Gasteiger partial charge in [0.15, 0.2) is 11.4 Å². The smallest absolute Gasteiger partial charge is 0.358 e. The fourth-order valence-corrected chi connectivity index (χ4v) is 4.20. The summed E-state index contributed by atoms with van der Waals surface area (Å²) in [7, 11) is 0. The Morgan fingerprint density at radius 1 is 1.09 bits per heavy atom. The molecule has 0 spiro atoms. The summed E-state index contributed by atoms with van der Waals surface area (Å²) in [4.78, 5) is 17.9. The molecule has 1 aromatic carbocycles. The summed E-state index contributed by atoms with van der Waals surface area (Å²) >= 11 is 0. The number of nitrogens with one attached hydrogen (secondary N) is 1. The van der Waals surface area contributed by atoms with Crippen LogP contribution in [0.5, 0.6) is 5.75 Å². The van der Waals surface area contributed by atoms with Crippen molar-refractivity contribution in [3.8, 4) is 5.75 Å². The van der Waals surface area contributed by atoms with E-state index in [1.807, 2.05) is 44.2 Å². The molecule has 6 heteroatoms. The SMILES string of the molecule is CCCCOC(=O)c1[nH]c(C)c(C)c1OCCCCN1CCC(O)(c2ccccc2)CC1. The predicted molar refractivity (Wildman–Crippen MR) is 126 cm³/mol. The number of nitrogens with zero attached hydrogens (tertiary/aromatic N) is 1. The van der Waals surface area contributed by atoms with Crippen LogP contribution >= 0.6 is 0 Å². The molecule has 0 amide bonds. The van der Waals surface area contributed by atoms with Crippen LogP contribution in [-0.2, 0) is 10.3 Å². The highest BCUT2D eigenvalue weighted by molar-refractivity contribution is 5.91. The van der Waals surface area contributed by atoms with Crippen LogP contribution in [0, 0.1) is 13.8 Å². The molecule has 0 saturated carbocycles. The minimum Gasteiger partial charge on any atom is -0.491 e. The highest BCUT2D eigenvalue weighted by Gasteiger charge is 2.33. The summed E-state index contributed by atoms with van der Waals surface area (Å²) in [5.74, 6) is 0.277. The molecule has 176 valence electrons. The number of rotatable bonds is 11. The maximum atomic E-state index is 12.4. The van der Waals surface area contributed by atoms with Gasteiger partial charge in [0.2, 0.25) is 0 Å². The van der Waals surface area contributed by atoms with Crippen LogP contribution in [-0.4, -0.2) is 53.8 Å². The third kappa shape index (κ3) is 6.14. The van der Waals surface area contributed by atoms with E-state index in [0.717, 1.165) is 75.0 Å². The summed E-state index contributed by atoms with van der Waals surface area (Å²) in [6.45, 7) is 9.76. The van der Waals surface area contributed by atoms with E-state index in [1.54, 1.807) is 0 Å². The van der Waals surface area contributed by atoms with E-state index in [-0.39, 0.29) is 5.97 Å². The number of carbonyl (C=O) groups is 1. The van der Waals surface area contributed by atoms with Crippen molar-refractivity contribution in [1.82, 2.24) is 9.88 Å². The lowest BCUT2D eigenvalue weighted by Crippen LogP contribution is -2.42. The highest BCUT2D eigenvalue weighted by Crippen LogP contribution is 2.32. The highest BCUT2D eigenvalue weighted by atomic mass is 16.5. The van der Waals surface area contributed by atoms with E-state index in [0.29, 0.717) is 24.7 Å². The number of H-pyrrole nitrogens is 1. The van der Waals surface area contributed by atoms with E-state index in [1.165, 1.54) is 0 Å². The summed E-state index contributed by atoms with van der Waals surface area (Å²) < 4.78 is 11.4. The largest absolute Gasteiger partial charge is 0.491 e. The molecule has 1 aromatic heterocycles. The number of hydrogen-bond acceptors (Lipinski definition) is 5. The molecular weight excluding hydrogens is 404 g/mol. The van der Waals surface area contributed by atoms with Crippen LogP contribution in [0.3, 0.4) is 0 Å². The van der Waals surface area contributed by atoms with Crippen LogP contribution in [0.1, 0.15) is 72.8 Å². The topological polar surface area (TPSA) is 74.8 Å². The normalized spacial score (nSPS) is 16.1. The Morgan fingerprint density at radius 3 is 2.50 bits per heavy atom. The second-order valence-corrected chi connectivity index (χ2v) is 8.86. The fraction of sp³-hybridized carbons (Fsp3) is 0.577. The van der Waals surface area contributed by atoms with Gasteiger partial charge in [0.25, 0.3) is 0 Å². The van der Waals surface area contributed by atoms with Gasteiger partial charge < -0.3 is 24.5 Å². The van der Waals surface area contributed by atoms with Crippen LogP contribution in [0.2, 0.25) is 0 Å². The number of piperidine rings is 1. The number of aromatic amines is 1. The summed E-state index contributed by atoms with van der Waals surface area (Å²) in [5, 5.41) is 11.0. The second kappa shape index (κ2) is 11.5. The minimum atomic E-state index is -0.702. The molecule has 32 heavy (non-hydrogen) atoms. The molecule has 2 N–H and O–H groups in total. The van der Waals surface area contributed by atoms with Crippen molar-refractivity contribution in [2.24, 2.45) is 0 Å². The fourth-order valence-electron chi connectivity index (χ4n) is 4.20. The molecule has 0 unspecified atom stereocenters. The monoisotopic (exact) mass is 442 g/mol. The number of esters is 1. The zero-order chi connectivity index (χ0) is 23.0. The van der Waals surface area contributed by atoms with Crippen molar-refractivity contribution in [2.45, 2.75) is 64.9 Å². The number of unbranched alkanes of at least 4 members (excludes halogenated alkanes) is 2. The summed E-state index contributed by atoms with van der Waals surface area (Å²) in [6.07, 6.45) is 5.30. The second-order valence-electron chi connectivity index (χ2n) is 8.86. The van der Waals surface area contributed by atoms with E-state index in [2.05, 4.69) is 16.8 Å². The van der Waals surface area contributed by atoms with E-state index < -0.39 is 5.60 Å². The first-order valence-electron chi connectivity index (χ1n) is 11.9. The van der Waals surface area contributed by atoms with Crippen molar-refractivity contribution in [3.05, 3.63) is 52.8 Å². The predicted octanol–water partition coefficient (Wildman–Crippen LogP) is 4.73. The standard InChI is InChI=1S/C26H38N2O4/c1-4-5-18-32-25(29)23-24(20(2)21(3)27-23)31-19-10-9-15-28-16-13-26(30,14-17-28)22-11-7-6-8-12-22/h6-8,11-12,27,30H,4-5,9-10,13-19H2,1-3H3. The molecular formula is C26H38N2O4. The first kappa shape index (κ1) is 24.3. The molecule has 0 radical (unpaired) electrons. The molecule has 1 aliphatic heterocycles. The lowest BCUT2D eigenvalue weighted by Gasteiger charge is -2.38. The van der Waals surface area contributed by atoms with Crippen molar-refractivity contribution in [1.29, 1.82) is 0 Å². The first-order valence-corrected chi connectivity index (χ1v) is 11.9. The number of carbonyl (C=O) groups excluding carboxylic acids is 1. The molecule has 3 rings (SSSR count). The Kier molecular flexibility index (Phi) is 8.76. The van der Waals surface area contributed by atoms with Crippen molar-refractivity contribution < 1.29 is 19.4 Å². The number of aliphatic hydroxyl groups is 1. The van der Waals surface area contributed by atoms with E-state index in [9.17, 15) is 9.90 Å². The zero-order valence-electron chi connectivity index (χ0n) is 19.8. The van der Waals surface area contributed by atoms with Crippen LogP contribution in [0.15, 0.2) is 30.3 Å². The van der Waals surface area contributed by atoms with E-state index >= 15 is 0 Å². The van der Waals surface area contributed by atoms with Crippen LogP contribution < -0.4 is 4.74 Å². The number of hydrogen-bond donors (Lipinski definition) is 2. The molecule has 1 saturated heterocycles. The van der Waals surface area contributed by atoms with Gasteiger partial charge in [0.1, 0.15) is 0 Å². The number of aryl methyl sites for hydroxylation is 1. The number of likely N-dealkylation sites (tertiary alicyclic amines) is 1. The number of benzene rings is 1. The average molecular weight is 443 g/mol. The van der Waals surface area contributed by atoms with Gasteiger partial charge >= 0.3 is 5.97 Å². The van der Waals surface area contributed by atoms with Crippen molar-refractivity contribution in [3.63, 3.8) is 0 Å². The van der Waals surface area contributed by atoms with Crippen molar-refractivity contribution in [2.75, 3.05) is 32.8 Å². The lowest BCUT2D eigenvalue weighted by atomic mass is 9.84.